The third kappa shape index (κ3) is 3.90. The van der Waals surface area contributed by atoms with Crippen LogP contribution in [0.3, 0.4) is 0 Å². The molecule has 0 bridgehead atoms. The van der Waals surface area contributed by atoms with E-state index in [1.807, 2.05) is 6.20 Å². The van der Waals surface area contributed by atoms with E-state index < -0.39 is 0 Å². The Hall–Kier alpha value is -1.20. The van der Waals surface area contributed by atoms with Crippen LogP contribution in [0.5, 0.6) is 5.88 Å². The Morgan fingerprint density at radius 1 is 1.30 bits per heavy atom. The first-order valence-electron chi connectivity index (χ1n) is 7.68. The molecule has 1 aromatic heterocycles. The summed E-state index contributed by atoms with van der Waals surface area (Å²) in [6.07, 6.45) is 9.92. The molecule has 1 atom stereocenters. The number of likely N-dealkylation sites (N-methyl/N-ethyl adjacent to an activating group) is 1. The van der Waals surface area contributed by atoms with Crippen LogP contribution in [0.4, 0.5) is 0 Å². The molecule has 0 amide bonds. The lowest BCUT2D eigenvalue weighted by Gasteiger charge is -2.31. The molecular formula is C15H24N4O. The predicted molar refractivity (Wildman–Crippen MR) is 77.7 cm³/mol. The van der Waals surface area contributed by atoms with E-state index in [2.05, 4.69) is 27.2 Å². The molecule has 20 heavy (non-hydrogen) atoms. The van der Waals surface area contributed by atoms with Crippen molar-refractivity contribution in [2.75, 3.05) is 20.2 Å². The van der Waals surface area contributed by atoms with Gasteiger partial charge < -0.3 is 15.0 Å². The molecule has 3 rings (SSSR count). The third-order valence-electron chi connectivity index (χ3n) is 4.16. The van der Waals surface area contributed by atoms with Gasteiger partial charge in [-0.05, 0) is 39.3 Å². The van der Waals surface area contributed by atoms with Crippen molar-refractivity contribution in [1.29, 1.82) is 0 Å². The van der Waals surface area contributed by atoms with Crippen LogP contribution in [0.15, 0.2) is 12.4 Å². The second-order valence-electron chi connectivity index (χ2n) is 5.95. The van der Waals surface area contributed by atoms with Gasteiger partial charge in [0, 0.05) is 24.8 Å². The van der Waals surface area contributed by atoms with Gasteiger partial charge in [-0.15, -0.1) is 0 Å². The number of ether oxygens (including phenoxy) is 1. The van der Waals surface area contributed by atoms with Crippen LogP contribution in [0.1, 0.15) is 37.8 Å². The van der Waals surface area contributed by atoms with Crippen LogP contribution >= 0.6 is 0 Å². The Balaban J connectivity index is 1.49. The highest BCUT2D eigenvalue weighted by atomic mass is 16.5. The summed E-state index contributed by atoms with van der Waals surface area (Å²) in [6.45, 7) is 2.67. The Bertz CT molecular complexity index is 436. The van der Waals surface area contributed by atoms with Crippen molar-refractivity contribution in [1.82, 2.24) is 20.2 Å². The zero-order valence-electron chi connectivity index (χ0n) is 12.2. The van der Waals surface area contributed by atoms with Crippen molar-refractivity contribution in [3.8, 4) is 5.88 Å². The summed E-state index contributed by atoms with van der Waals surface area (Å²) < 4.78 is 5.84. The van der Waals surface area contributed by atoms with Crippen LogP contribution in [0.2, 0.25) is 0 Å². The van der Waals surface area contributed by atoms with Crippen molar-refractivity contribution >= 4 is 0 Å². The summed E-state index contributed by atoms with van der Waals surface area (Å²) in [7, 11) is 2.18. The molecule has 1 aliphatic heterocycles. The summed E-state index contributed by atoms with van der Waals surface area (Å²) >= 11 is 0. The monoisotopic (exact) mass is 276 g/mol. The topological polar surface area (TPSA) is 50.3 Å². The Labute approximate surface area is 120 Å². The zero-order chi connectivity index (χ0) is 13.8. The average Bonchev–Trinajstić information content (AvgIpc) is 3.29. The smallest absolute Gasteiger partial charge is 0.232 e. The molecule has 1 unspecified atom stereocenters. The summed E-state index contributed by atoms with van der Waals surface area (Å²) in [5.41, 5.74) is 0.964. The molecule has 2 fully saturated rings. The molecule has 5 nitrogen and oxygen atoms in total. The van der Waals surface area contributed by atoms with Crippen LogP contribution in [0, 0.1) is 0 Å². The Morgan fingerprint density at radius 2 is 2.20 bits per heavy atom. The molecule has 1 aliphatic carbocycles. The van der Waals surface area contributed by atoms with Crippen molar-refractivity contribution in [2.24, 2.45) is 0 Å². The quantitative estimate of drug-likeness (QED) is 0.855. The van der Waals surface area contributed by atoms with E-state index in [1.165, 1.54) is 38.6 Å². The predicted octanol–water partition coefficient (Wildman–Crippen LogP) is 1.59. The molecular weight excluding hydrogens is 252 g/mol. The number of nitrogens with one attached hydrogen (secondary N) is 1. The third-order valence-corrected chi connectivity index (χ3v) is 4.16. The number of aromatic nitrogens is 2. The fraction of sp³-hybridized carbons (Fsp3) is 0.733. The van der Waals surface area contributed by atoms with Gasteiger partial charge in [0.1, 0.15) is 6.61 Å². The molecule has 0 aromatic carbocycles. The average molecular weight is 276 g/mol. The first-order valence-corrected chi connectivity index (χ1v) is 7.68. The van der Waals surface area contributed by atoms with Gasteiger partial charge in [0.2, 0.25) is 5.88 Å². The van der Waals surface area contributed by atoms with Crippen molar-refractivity contribution in [2.45, 2.75) is 50.7 Å². The molecule has 2 heterocycles. The minimum absolute atomic E-state index is 0.513. The van der Waals surface area contributed by atoms with Crippen LogP contribution in [0.25, 0.3) is 0 Å². The lowest BCUT2D eigenvalue weighted by molar-refractivity contribution is 0.122. The van der Waals surface area contributed by atoms with Gasteiger partial charge in [0.05, 0.1) is 11.9 Å². The first kappa shape index (κ1) is 13.8. The van der Waals surface area contributed by atoms with Gasteiger partial charge in [-0.25, -0.2) is 4.98 Å². The maximum absolute atomic E-state index is 5.84. The van der Waals surface area contributed by atoms with Gasteiger partial charge in [0.25, 0.3) is 0 Å². The van der Waals surface area contributed by atoms with Crippen LogP contribution in [-0.2, 0) is 6.54 Å². The maximum atomic E-state index is 5.84. The van der Waals surface area contributed by atoms with E-state index >= 15 is 0 Å². The van der Waals surface area contributed by atoms with Crippen molar-refractivity contribution < 1.29 is 4.74 Å². The summed E-state index contributed by atoms with van der Waals surface area (Å²) in [5.74, 6) is 0.652. The van der Waals surface area contributed by atoms with Gasteiger partial charge >= 0.3 is 0 Å². The van der Waals surface area contributed by atoms with E-state index in [1.54, 1.807) is 6.20 Å². The highest BCUT2D eigenvalue weighted by Gasteiger charge is 2.21. The lowest BCUT2D eigenvalue weighted by Crippen LogP contribution is -2.40. The van der Waals surface area contributed by atoms with Gasteiger partial charge in [-0.3, -0.25) is 4.98 Å². The van der Waals surface area contributed by atoms with E-state index in [0.717, 1.165) is 12.2 Å². The van der Waals surface area contributed by atoms with E-state index in [-0.39, 0.29) is 0 Å². The molecule has 0 spiro atoms. The summed E-state index contributed by atoms with van der Waals surface area (Å²) in [4.78, 5) is 11.1. The normalized spacial score (nSPS) is 23.8. The molecule has 1 N–H and O–H groups in total. The Kier molecular flexibility index (Phi) is 4.47. The molecule has 2 aliphatic rings. The number of nitrogens with zero attached hydrogens (tertiary/aromatic N) is 3. The van der Waals surface area contributed by atoms with E-state index in [4.69, 9.17) is 4.74 Å². The summed E-state index contributed by atoms with van der Waals surface area (Å²) in [5, 5.41) is 3.45. The number of hydrogen-bond donors (Lipinski definition) is 1. The fourth-order valence-corrected chi connectivity index (χ4v) is 2.61. The number of rotatable bonds is 6. The molecule has 0 radical (unpaired) electrons. The van der Waals surface area contributed by atoms with Crippen molar-refractivity contribution in [3.63, 3.8) is 0 Å². The highest BCUT2D eigenvalue weighted by molar-refractivity contribution is 5.08. The van der Waals surface area contributed by atoms with E-state index in [0.29, 0.717) is 24.6 Å². The van der Waals surface area contributed by atoms with Crippen molar-refractivity contribution in [3.05, 3.63) is 18.1 Å². The maximum Gasteiger partial charge on any atom is 0.232 e. The Morgan fingerprint density at radius 3 is 3.00 bits per heavy atom. The fourth-order valence-electron chi connectivity index (χ4n) is 2.61. The SMILES string of the molecule is CN1CCCCC1COc1cncc(CNC2CC2)n1. The second-order valence-corrected chi connectivity index (χ2v) is 5.95. The molecule has 1 saturated carbocycles. The first-order chi connectivity index (χ1) is 9.81. The van der Waals surface area contributed by atoms with Crippen LogP contribution < -0.4 is 10.1 Å². The molecule has 5 heteroatoms. The standard InChI is InChI=1S/C15H24N4O/c1-19-7-3-2-4-14(19)11-20-15-10-16-8-13(18-15)9-17-12-5-6-12/h8,10,12,14,17H,2-7,9,11H2,1H3. The summed E-state index contributed by atoms with van der Waals surface area (Å²) in [6, 6.07) is 1.20. The number of likely N-dealkylation sites (tertiary alicyclic amines) is 1. The minimum Gasteiger partial charge on any atom is -0.475 e. The van der Waals surface area contributed by atoms with Gasteiger partial charge in [-0.1, -0.05) is 6.42 Å². The molecule has 110 valence electrons. The lowest BCUT2D eigenvalue weighted by atomic mass is 10.0. The molecule has 1 saturated heterocycles. The largest absolute Gasteiger partial charge is 0.475 e. The zero-order valence-corrected chi connectivity index (χ0v) is 12.2. The second kappa shape index (κ2) is 6.50. The number of piperidine rings is 1. The highest BCUT2D eigenvalue weighted by Crippen LogP contribution is 2.19. The molecule has 1 aromatic rings. The van der Waals surface area contributed by atoms with Gasteiger partial charge in [0.15, 0.2) is 0 Å². The van der Waals surface area contributed by atoms with Gasteiger partial charge in [-0.2, -0.15) is 0 Å². The minimum atomic E-state index is 0.513. The van der Waals surface area contributed by atoms with Crippen LogP contribution in [-0.4, -0.2) is 47.2 Å². The number of hydrogen-bond acceptors (Lipinski definition) is 5. The van der Waals surface area contributed by atoms with E-state index in [9.17, 15) is 0 Å².